The van der Waals surface area contributed by atoms with Crippen molar-refractivity contribution < 1.29 is 9.59 Å². The van der Waals surface area contributed by atoms with Crippen LogP contribution in [0, 0.1) is 13.8 Å². The summed E-state index contributed by atoms with van der Waals surface area (Å²) in [6, 6.07) is 11.8. The van der Waals surface area contributed by atoms with Crippen LogP contribution in [0.2, 0.25) is 0 Å². The number of nitrogens with zero attached hydrogens (tertiary/aromatic N) is 2. The molecule has 1 N–H and O–H groups in total. The molecule has 34 heavy (non-hydrogen) atoms. The van der Waals surface area contributed by atoms with Crippen molar-refractivity contribution in [1.29, 1.82) is 0 Å². The lowest BCUT2D eigenvalue weighted by atomic mass is 9.86. The highest BCUT2D eigenvalue weighted by Crippen LogP contribution is 2.40. The molecule has 5 nitrogen and oxygen atoms in total. The smallest absolute Gasteiger partial charge is 0.270 e. The van der Waals surface area contributed by atoms with Gasteiger partial charge in [0.1, 0.15) is 5.57 Å². The van der Waals surface area contributed by atoms with E-state index in [0.29, 0.717) is 5.69 Å². The third kappa shape index (κ3) is 4.18. The van der Waals surface area contributed by atoms with Gasteiger partial charge in [-0.05, 0) is 106 Å². The lowest BCUT2D eigenvalue weighted by molar-refractivity contribution is -0.122. The zero-order valence-electron chi connectivity index (χ0n) is 20.7. The van der Waals surface area contributed by atoms with E-state index in [2.05, 4.69) is 56.1 Å². The van der Waals surface area contributed by atoms with Crippen molar-refractivity contribution in [2.45, 2.75) is 53.5 Å². The van der Waals surface area contributed by atoms with E-state index in [4.69, 9.17) is 12.2 Å². The Morgan fingerprint density at radius 3 is 2.50 bits per heavy atom. The summed E-state index contributed by atoms with van der Waals surface area (Å²) >= 11 is 5.34. The first-order valence-corrected chi connectivity index (χ1v) is 12.0. The van der Waals surface area contributed by atoms with Crippen LogP contribution in [0.3, 0.4) is 0 Å². The van der Waals surface area contributed by atoms with Gasteiger partial charge in [-0.3, -0.25) is 19.8 Å². The monoisotopic (exact) mass is 473 g/mol. The Morgan fingerprint density at radius 1 is 1.09 bits per heavy atom. The summed E-state index contributed by atoms with van der Waals surface area (Å²) in [6.45, 7) is 13.7. The van der Waals surface area contributed by atoms with E-state index in [1.165, 1.54) is 16.2 Å². The summed E-state index contributed by atoms with van der Waals surface area (Å²) in [5.41, 5.74) is 6.99. The van der Waals surface area contributed by atoms with Gasteiger partial charge < -0.3 is 4.90 Å². The van der Waals surface area contributed by atoms with E-state index < -0.39 is 11.8 Å². The number of carbonyl (C=O) groups is 2. The van der Waals surface area contributed by atoms with Crippen molar-refractivity contribution in [1.82, 2.24) is 5.32 Å². The molecule has 2 aromatic rings. The molecule has 0 saturated carbocycles. The van der Waals surface area contributed by atoms with Crippen LogP contribution in [-0.2, 0) is 9.59 Å². The highest BCUT2D eigenvalue weighted by atomic mass is 32.1. The molecule has 0 aromatic heterocycles. The number of hydrogen-bond donors (Lipinski definition) is 1. The molecular weight excluding hydrogens is 442 g/mol. The lowest BCUT2D eigenvalue weighted by Gasteiger charge is -2.43. The van der Waals surface area contributed by atoms with Crippen LogP contribution in [0.25, 0.3) is 11.6 Å². The highest BCUT2D eigenvalue weighted by Gasteiger charge is 2.35. The third-order valence-electron chi connectivity index (χ3n) is 6.47. The molecule has 0 atom stereocenters. The van der Waals surface area contributed by atoms with Crippen LogP contribution in [-0.4, -0.2) is 29.0 Å². The summed E-state index contributed by atoms with van der Waals surface area (Å²) in [4.78, 5) is 30.1. The molecule has 1 saturated heterocycles. The second-order valence-electron chi connectivity index (χ2n) is 9.66. The summed E-state index contributed by atoms with van der Waals surface area (Å²) < 4.78 is 0. The van der Waals surface area contributed by atoms with Crippen LogP contribution in [0.1, 0.15) is 56.4 Å². The van der Waals surface area contributed by atoms with Crippen molar-refractivity contribution >= 4 is 52.2 Å². The largest absolute Gasteiger partial charge is 0.362 e. The summed E-state index contributed by atoms with van der Waals surface area (Å²) in [7, 11) is 0. The number of nitrogens with one attached hydrogen (secondary N) is 1. The summed E-state index contributed by atoms with van der Waals surface area (Å²) in [6.07, 6.45) is 5.02. The molecule has 4 rings (SSSR count). The Hall–Kier alpha value is -3.25. The molecule has 0 bridgehead atoms. The molecule has 0 radical (unpaired) electrons. The molecule has 2 amide bonds. The fourth-order valence-corrected chi connectivity index (χ4v) is 5.13. The predicted octanol–water partition coefficient (Wildman–Crippen LogP) is 5.55. The molecule has 2 aromatic carbocycles. The summed E-state index contributed by atoms with van der Waals surface area (Å²) in [5, 5.41) is 2.78. The molecule has 2 aliphatic heterocycles. The van der Waals surface area contributed by atoms with Crippen LogP contribution < -0.4 is 15.1 Å². The molecule has 0 unspecified atom stereocenters. The number of amides is 2. The van der Waals surface area contributed by atoms with E-state index in [9.17, 15) is 9.59 Å². The molecule has 2 heterocycles. The molecule has 2 aliphatic rings. The molecule has 176 valence electrons. The van der Waals surface area contributed by atoms with Crippen LogP contribution in [0.5, 0.6) is 0 Å². The average Bonchev–Trinajstić information content (AvgIpc) is 2.74. The minimum absolute atomic E-state index is 0.0707. The Morgan fingerprint density at radius 2 is 1.82 bits per heavy atom. The van der Waals surface area contributed by atoms with Gasteiger partial charge >= 0.3 is 0 Å². The first kappa shape index (κ1) is 23.9. The Labute approximate surface area is 207 Å². The number of carbonyl (C=O) groups excluding carboxylic acids is 2. The van der Waals surface area contributed by atoms with Crippen molar-refractivity contribution in [2.75, 3.05) is 16.3 Å². The number of thiocarbonyl (C=S) groups is 1. The predicted molar refractivity (Wildman–Crippen MR) is 144 cm³/mol. The van der Waals surface area contributed by atoms with Gasteiger partial charge in [-0.1, -0.05) is 25.1 Å². The van der Waals surface area contributed by atoms with Gasteiger partial charge in [0.2, 0.25) is 0 Å². The quantitative estimate of drug-likeness (QED) is 0.360. The summed E-state index contributed by atoms with van der Waals surface area (Å²) in [5.74, 6) is -0.894. The number of hydrogen-bond acceptors (Lipinski definition) is 4. The Balaban J connectivity index is 1.79. The number of anilines is 2. The molecule has 6 heteroatoms. The van der Waals surface area contributed by atoms with Gasteiger partial charge in [0.05, 0.1) is 11.2 Å². The van der Waals surface area contributed by atoms with Crippen LogP contribution in [0.15, 0.2) is 48.0 Å². The van der Waals surface area contributed by atoms with Crippen LogP contribution in [0.4, 0.5) is 11.4 Å². The van der Waals surface area contributed by atoms with E-state index >= 15 is 0 Å². The van der Waals surface area contributed by atoms with Gasteiger partial charge in [0.15, 0.2) is 5.11 Å². The number of allylic oxidation sites excluding steroid dienone is 1. The van der Waals surface area contributed by atoms with E-state index in [-0.39, 0.29) is 16.2 Å². The molecule has 0 spiro atoms. The zero-order chi connectivity index (χ0) is 24.8. The first-order chi connectivity index (χ1) is 16.0. The number of benzene rings is 2. The molecular formula is C28H31N3O2S. The number of rotatable bonds is 4. The zero-order valence-corrected chi connectivity index (χ0v) is 21.5. The number of aryl methyl sites for hydroxylation is 2. The maximum Gasteiger partial charge on any atom is 0.270 e. The second-order valence-corrected chi connectivity index (χ2v) is 10.0. The van der Waals surface area contributed by atoms with Crippen molar-refractivity contribution in [3.63, 3.8) is 0 Å². The fraction of sp³-hybridized carbons (Fsp3) is 0.321. The highest BCUT2D eigenvalue weighted by molar-refractivity contribution is 7.80. The van der Waals surface area contributed by atoms with Gasteiger partial charge in [-0.2, -0.15) is 0 Å². The normalized spacial score (nSPS) is 18.7. The van der Waals surface area contributed by atoms with Crippen molar-refractivity contribution in [3.8, 4) is 0 Å². The maximum atomic E-state index is 13.4. The average molecular weight is 474 g/mol. The third-order valence-corrected chi connectivity index (χ3v) is 6.76. The fourth-order valence-electron chi connectivity index (χ4n) is 4.85. The SMILES string of the molecule is CCCN1c2cc(C)c(/C=C3/C(=O)NC(=S)N(c4cccc(C)c4)C3=O)cc2C(C)=CC1(C)C. The van der Waals surface area contributed by atoms with Crippen LogP contribution >= 0.6 is 12.2 Å². The minimum atomic E-state index is -0.475. The topological polar surface area (TPSA) is 52.7 Å². The minimum Gasteiger partial charge on any atom is -0.362 e. The maximum absolute atomic E-state index is 13.4. The Bertz CT molecular complexity index is 1270. The second kappa shape index (κ2) is 8.84. The molecule has 0 aliphatic carbocycles. The van der Waals surface area contributed by atoms with Gasteiger partial charge in [0, 0.05) is 17.8 Å². The standard InChI is InChI=1S/C28H31N3O2S/c1-7-11-30-24-13-18(3)20(14-22(24)19(4)16-28(30,5)6)15-23-25(32)29-27(34)31(26(23)33)21-10-8-9-17(2)12-21/h8-10,12-16H,7,11H2,1-6H3,(H,29,32,34)/b23-15-. The molecule has 1 fully saturated rings. The van der Waals surface area contributed by atoms with Crippen molar-refractivity contribution in [2.24, 2.45) is 0 Å². The first-order valence-electron chi connectivity index (χ1n) is 11.6. The lowest BCUT2D eigenvalue weighted by Crippen LogP contribution is -2.54. The van der Waals surface area contributed by atoms with E-state index in [1.807, 2.05) is 38.1 Å². The number of fused-ring (bicyclic) bond motifs is 1. The van der Waals surface area contributed by atoms with E-state index in [1.54, 1.807) is 6.08 Å². The van der Waals surface area contributed by atoms with Gasteiger partial charge in [-0.25, -0.2) is 0 Å². The van der Waals surface area contributed by atoms with Crippen molar-refractivity contribution in [3.05, 3.63) is 70.3 Å². The van der Waals surface area contributed by atoms with Gasteiger partial charge in [0.25, 0.3) is 11.8 Å². The Kier molecular flexibility index (Phi) is 6.21. The van der Waals surface area contributed by atoms with E-state index in [0.717, 1.165) is 35.2 Å². The van der Waals surface area contributed by atoms with Gasteiger partial charge in [-0.15, -0.1) is 0 Å².